The van der Waals surface area contributed by atoms with Crippen LogP contribution in [0, 0.1) is 11.9 Å². The van der Waals surface area contributed by atoms with Crippen molar-refractivity contribution in [2.45, 2.75) is 19.3 Å². The maximum absolute atomic E-state index is 14.3. The predicted molar refractivity (Wildman–Crippen MR) is 89.2 cm³/mol. The van der Waals surface area contributed by atoms with Gasteiger partial charge in [0.25, 0.3) is 0 Å². The monoisotopic (exact) mass is 303 g/mol. The Morgan fingerprint density at radius 2 is 1.74 bits per heavy atom. The quantitative estimate of drug-likeness (QED) is 0.614. The first-order valence-electron chi connectivity index (χ1n) is 7.86. The van der Waals surface area contributed by atoms with Gasteiger partial charge in [-0.2, -0.15) is 0 Å². The Kier molecular flexibility index (Phi) is 3.58. The molecule has 1 nitrogen and oxygen atoms in total. The molecule has 1 aliphatic carbocycles. The molecule has 0 spiro atoms. The van der Waals surface area contributed by atoms with Crippen LogP contribution < -0.4 is 4.74 Å². The SMILES string of the molecule is Fc1[c]ccc(-c2ccc3c(c2)CCC3)c1Oc1ccccc1. The first kappa shape index (κ1) is 14.0. The molecule has 4 rings (SSSR count). The summed E-state index contributed by atoms with van der Waals surface area (Å²) < 4.78 is 20.1. The van der Waals surface area contributed by atoms with Crippen LogP contribution >= 0.6 is 0 Å². The average Bonchev–Trinajstić information content (AvgIpc) is 3.05. The number of rotatable bonds is 3. The summed E-state index contributed by atoms with van der Waals surface area (Å²) in [6.07, 6.45) is 3.43. The lowest BCUT2D eigenvalue weighted by Crippen LogP contribution is -1.93. The van der Waals surface area contributed by atoms with Crippen molar-refractivity contribution in [1.82, 2.24) is 0 Å². The van der Waals surface area contributed by atoms with Crippen LogP contribution in [0.1, 0.15) is 17.5 Å². The summed E-state index contributed by atoms with van der Waals surface area (Å²) in [7, 11) is 0. The normalized spacial score (nSPS) is 12.9. The van der Waals surface area contributed by atoms with E-state index < -0.39 is 5.82 Å². The number of para-hydroxylation sites is 1. The van der Waals surface area contributed by atoms with Crippen LogP contribution in [0.25, 0.3) is 11.1 Å². The molecule has 23 heavy (non-hydrogen) atoms. The Hall–Kier alpha value is -2.61. The molecule has 3 aromatic carbocycles. The molecule has 2 heteroatoms. The highest BCUT2D eigenvalue weighted by atomic mass is 19.1. The number of halogens is 1. The molecule has 0 N–H and O–H groups in total. The van der Waals surface area contributed by atoms with Gasteiger partial charge in [0.05, 0.1) is 0 Å². The van der Waals surface area contributed by atoms with Crippen molar-refractivity contribution < 1.29 is 9.13 Å². The Bertz CT molecular complexity index is 840. The average molecular weight is 303 g/mol. The molecular weight excluding hydrogens is 287 g/mol. The fraction of sp³-hybridized carbons (Fsp3) is 0.143. The number of hydrogen-bond acceptors (Lipinski definition) is 1. The third-order valence-corrected chi connectivity index (χ3v) is 4.28. The van der Waals surface area contributed by atoms with Crippen molar-refractivity contribution in [2.24, 2.45) is 0 Å². The van der Waals surface area contributed by atoms with E-state index in [0.717, 1.165) is 24.0 Å². The third kappa shape index (κ3) is 2.72. The summed E-state index contributed by atoms with van der Waals surface area (Å²) in [4.78, 5) is 0. The highest BCUT2D eigenvalue weighted by molar-refractivity contribution is 5.72. The maximum Gasteiger partial charge on any atom is 0.174 e. The number of ether oxygens (including phenoxy) is 1. The fourth-order valence-corrected chi connectivity index (χ4v) is 3.13. The second-order valence-corrected chi connectivity index (χ2v) is 5.79. The van der Waals surface area contributed by atoms with Crippen LogP contribution in [0.5, 0.6) is 11.5 Å². The molecule has 0 aromatic heterocycles. The van der Waals surface area contributed by atoms with E-state index in [9.17, 15) is 4.39 Å². The minimum absolute atomic E-state index is 0.233. The van der Waals surface area contributed by atoms with Crippen LogP contribution in [0.15, 0.2) is 60.7 Å². The highest BCUT2D eigenvalue weighted by Gasteiger charge is 2.16. The molecule has 0 saturated heterocycles. The molecule has 0 amide bonds. The molecule has 113 valence electrons. The fourth-order valence-electron chi connectivity index (χ4n) is 3.13. The van der Waals surface area contributed by atoms with Gasteiger partial charge in [-0.15, -0.1) is 0 Å². The largest absolute Gasteiger partial charge is 0.454 e. The van der Waals surface area contributed by atoms with Gasteiger partial charge in [0.1, 0.15) is 5.75 Å². The zero-order chi connectivity index (χ0) is 15.6. The van der Waals surface area contributed by atoms with E-state index in [1.165, 1.54) is 17.5 Å². The number of fused-ring (bicyclic) bond motifs is 1. The van der Waals surface area contributed by atoms with Gasteiger partial charge in [0.2, 0.25) is 0 Å². The molecule has 0 fully saturated rings. The van der Waals surface area contributed by atoms with E-state index in [2.05, 4.69) is 24.3 Å². The van der Waals surface area contributed by atoms with E-state index in [1.54, 1.807) is 6.07 Å². The van der Waals surface area contributed by atoms with E-state index in [0.29, 0.717) is 5.75 Å². The first-order valence-corrected chi connectivity index (χ1v) is 7.86. The minimum Gasteiger partial charge on any atom is -0.454 e. The summed E-state index contributed by atoms with van der Waals surface area (Å²) in [5.74, 6) is 0.386. The Morgan fingerprint density at radius 1 is 0.913 bits per heavy atom. The summed E-state index contributed by atoms with van der Waals surface area (Å²) in [5, 5.41) is 0. The molecule has 0 saturated carbocycles. The van der Waals surface area contributed by atoms with Crippen LogP contribution in [0.4, 0.5) is 4.39 Å². The molecule has 1 radical (unpaired) electrons. The molecular formula is C21H16FO. The van der Waals surface area contributed by atoms with Crippen LogP contribution in [0.3, 0.4) is 0 Å². The second kappa shape index (κ2) is 5.88. The number of hydrogen-bond donors (Lipinski definition) is 0. The van der Waals surface area contributed by atoms with Crippen molar-refractivity contribution in [1.29, 1.82) is 0 Å². The summed E-state index contributed by atoms with van der Waals surface area (Å²) >= 11 is 0. The van der Waals surface area contributed by atoms with Gasteiger partial charge >= 0.3 is 0 Å². The van der Waals surface area contributed by atoms with E-state index >= 15 is 0 Å². The molecule has 1 aliphatic rings. The molecule has 0 bridgehead atoms. The van der Waals surface area contributed by atoms with Gasteiger partial charge in [-0.05, 0) is 54.2 Å². The Morgan fingerprint density at radius 3 is 2.61 bits per heavy atom. The number of aryl methyl sites for hydroxylation is 2. The number of benzene rings is 3. The van der Waals surface area contributed by atoms with Crippen LogP contribution in [-0.2, 0) is 12.8 Å². The lowest BCUT2D eigenvalue weighted by molar-refractivity contribution is 0.443. The minimum atomic E-state index is -0.466. The van der Waals surface area contributed by atoms with Crippen LogP contribution in [-0.4, -0.2) is 0 Å². The molecule has 0 unspecified atom stereocenters. The lowest BCUT2D eigenvalue weighted by atomic mass is 9.99. The van der Waals surface area contributed by atoms with Crippen molar-refractivity contribution in [3.05, 3.63) is 83.7 Å². The topological polar surface area (TPSA) is 9.23 Å². The van der Waals surface area contributed by atoms with Gasteiger partial charge in [0, 0.05) is 11.6 Å². The Balaban J connectivity index is 1.78. The van der Waals surface area contributed by atoms with Crippen molar-refractivity contribution in [3.8, 4) is 22.6 Å². The molecule has 0 heterocycles. The molecule has 3 aromatic rings. The molecule has 0 aliphatic heterocycles. The van der Waals surface area contributed by atoms with Crippen LogP contribution in [0.2, 0.25) is 0 Å². The Labute approximate surface area is 135 Å². The third-order valence-electron chi connectivity index (χ3n) is 4.28. The predicted octanol–water partition coefficient (Wildman–Crippen LogP) is 5.57. The molecule has 0 atom stereocenters. The van der Waals surface area contributed by atoms with E-state index in [-0.39, 0.29) is 5.75 Å². The first-order chi connectivity index (χ1) is 11.3. The van der Waals surface area contributed by atoms with Gasteiger partial charge in [0.15, 0.2) is 11.6 Å². The standard InChI is InChI=1S/C21H16FO/c22-20-11-5-10-19(21(20)23-18-8-2-1-3-9-18)17-13-12-15-6-4-7-16(15)14-17/h1-3,5,8-10,12-14H,4,6-7H2. The van der Waals surface area contributed by atoms with Gasteiger partial charge in [-0.1, -0.05) is 42.5 Å². The summed E-state index contributed by atoms with van der Waals surface area (Å²) in [5.41, 5.74) is 4.52. The van der Waals surface area contributed by atoms with Gasteiger partial charge in [-0.3, -0.25) is 0 Å². The van der Waals surface area contributed by atoms with Crippen molar-refractivity contribution in [2.75, 3.05) is 0 Å². The zero-order valence-corrected chi connectivity index (χ0v) is 12.7. The summed E-state index contributed by atoms with van der Waals surface area (Å²) in [6, 6.07) is 21.7. The highest BCUT2D eigenvalue weighted by Crippen LogP contribution is 2.37. The van der Waals surface area contributed by atoms with E-state index in [4.69, 9.17) is 4.74 Å². The smallest absolute Gasteiger partial charge is 0.174 e. The van der Waals surface area contributed by atoms with E-state index in [1.807, 2.05) is 36.4 Å². The zero-order valence-electron chi connectivity index (χ0n) is 12.7. The van der Waals surface area contributed by atoms with Gasteiger partial charge < -0.3 is 4.74 Å². The van der Waals surface area contributed by atoms with Crippen molar-refractivity contribution in [3.63, 3.8) is 0 Å². The maximum atomic E-state index is 14.3. The lowest BCUT2D eigenvalue weighted by Gasteiger charge is -2.13. The summed E-state index contributed by atoms with van der Waals surface area (Å²) in [6.45, 7) is 0. The van der Waals surface area contributed by atoms with Gasteiger partial charge in [-0.25, -0.2) is 4.39 Å². The second-order valence-electron chi connectivity index (χ2n) is 5.79. The van der Waals surface area contributed by atoms with Crippen molar-refractivity contribution >= 4 is 0 Å².